The maximum Gasteiger partial charge on any atom is 0.303 e. The third-order valence-electron chi connectivity index (χ3n) is 6.26. The molecule has 0 aromatic heterocycles. The number of nitrogens with one attached hydrogen (secondary N) is 3. The number of carbonyl (C=O) groups is 3. The summed E-state index contributed by atoms with van der Waals surface area (Å²) in [5, 5.41) is 26.6. The monoisotopic (exact) mass is 501 g/mol. The lowest BCUT2D eigenvalue weighted by atomic mass is 10.0. The highest BCUT2D eigenvalue weighted by molar-refractivity contribution is 6.33. The zero-order chi connectivity index (χ0) is 25.4. The van der Waals surface area contributed by atoms with Gasteiger partial charge in [-0.15, -0.1) is 0 Å². The minimum Gasteiger partial charge on any atom is -0.481 e. The Morgan fingerprint density at radius 2 is 1.60 bits per heavy atom. The Labute approximate surface area is 210 Å². The fourth-order valence-electron chi connectivity index (χ4n) is 3.74. The van der Waals surface area contributed by atoms with Gasteiger partial charge in [0.15, 0.2) is 0 Å². The van der Waals surface area contributed by atoms with Crippen molar-refractivity contribution in [3.8, 4) is 0 Å². The lowest BCUT2D eigenvalue weighted by Crippen LogP contribution is -2.21. The van der Waals surface area contributed by atoms with Gasteiger partial charge in [0.25, 0.3) is 0 Å². The number of benzene rings is 2. The molecular weight excluding hydrogens is 470 g/mol. The van der Waals surface area contributed by atoms with Crippen LogP contribution < -0.4 is 16.0 Å². The molecule has 0 unspecified atom stereocenters. The van der Waals surface area contributed by atoms with Crippen molar-refractivity contribution in [3.63, 3.8) is 0 Å². The molecular formula is C26H32ClN3O5. The van der Waals surface area contributed by atoms with Gasteiger partial charge in [-0.1, -0.05) is 36.7 Å². The molecule has 8 nitrogen and oxygen atoms in total. The van der Waals surface area contributed by atoms with E-state index in [0.717, 1.165) is 60.7 Å². The fraction of sp³-hybridized carbons (Fsp3) is 0.423. The number of anilines is 2. The van der Waals surface area contributed by atoms with Gasteiger partial charge < -0.3 is 26.2 Å². The van der Waals surface area contributed by atoms with Crippen LogP contribution in [-0.4, -0.2) is 41.1 Å². The first-order chi connectivity index (χ1) is 16.7. The van der Waals surface area contributed by atoms with E-state index in [-0.39, 0.29) is 24.2 Å². The van der Waals surface area contributed by atoms with Gasteiger partial charge in [-0.25, -0.2) is 0 Å². The molecule has 0 atom stereocenters. The molecule has 0 saturated heterocycles. The molecule has 2 aromatic carbocycles. The van der Waals surface area contributed by atoms with Crippen LogP contribution >= 0.6 is 11.6 Å². The van der Waals surface area contributed by atoms with Crippen molar-refractivity contribution in [1.29, 1.82) is 0 Å². The Morgan fingerprint density at radius 3 is 2.20 bits per heavy atom. The average Bonchev–Trinajstić information content (AvgIpc) is 3.61. The van der Waals surface area contributed by atoms with Crippen molar-refractivity contribution >= 4 is 40.8 Å². The lowest BCUT2D eigenvalue weighted by molar-refractivity contribution is -0.143. The quantitative estimate of drug-likeness (QED) is 0.364. The normalized spacial score (nSPS) is 15.5. The van der Waals surface area contributed by atoms with Gasteiger partial charge in [0.2, 0.25) is 5.91 Å². The van der Waals surface area contributed by atoms with E-state index < -0.39 is 11.9 Å². The number of carboxylic acid groups (broad SMARTS) is 2. The topological polar surface area (TPSA) is 128 Å². The summed E-state index contributed by atoms with van der Waals surface area (Å²) in [5.41, 5.74) is 5.61. The summed E-state index contributed by atoms with van der Waals surface area (Å²) >= 11 is 6.48. The molecule has 2 aromatic rings. The van der Waals surface area contributed by atoms with Crippen LogP contribution in [0, 0.1) is 5.41 Å². The van der Waals surface area contributed by atoms with Gasteiger partial charge in [-0.05, 0) is 73.7 Å². The molecule has 1 aliphatic carbocycles. The van der Waals surface area contributed by atoms with E-state index in [1.165, 1.54) is 11.1 Å². The van der Waals surface area contributed by atoms with Crippen LogP contribution in [0.2, 0.25) is 5.02 Å². The number of amides is 1. The molecule has 188 valence electrons. The number of carboxylic acids is 2. The number of hydrogen-bond donors (Lipinski definition) is 5. The Hall–Kier alpha value is -3.10. The summed E-state index contributed by atoms with van der Waals surface area (Å²) in [6, 6.07) is 12.2. The van der Waals surface area contributed by atoms with Crippen molar-refractivity contribution < 1.29 is 24.6 Å². The second-order valence-corrected chi connectivity index (χ2v) is 9.57. The van der Waals surface area contributed by atoms with E-state index in [9.17, 15) is 14.4 Å². The molecule has 1 fully saturated rings. The molecule has 1 saturated carbocycles. The van der Waals surface area contributed by atoms with Gasteiger partial charge in [0.1, 0.15) is 0 Å². The van der Waals surface area contributed by atoms with E-state index in [1.807, 2.05) is 25.1 Å². The Bertz CT molecular complexity index is 1050. The van der Waals surface area contributed by atoms with E-state index in [4.69, 9.17) is 21.8 Å². The SMILES string of the molecule is CC1(C(=O)Nc2ccc(CNc3c(Cl)ccc4c3CCNCC4)cc2)CC1.O=C(O)CCC(=O)O. The molecule has 0 bridgehead atoms. The maximum absolute atomic E-state index is 12.2. The van der Waals surface area contributed by atoms with E-state index >= 15 is 0 Å². The van der Waals surface area contributed by atoms with Crippen molar-refractivity contribution in [2.24, 2.45) is 5.41 Å². The lowest BCUT2D eigenvalue weighted by Gasteiger charge is -2.16. The van der Waals surface area contributed by atoms with Crippen LogP contribution in [0.15, 0.2) is 36.4 Å². The second-order valence-electron chi connectivity index (χ2n) is 9.16. The summed E-state index contributed by atoms with van der Waals surface area (Å²) in [7, 11) is 0. The third kappa shape index (κ3) is 7.97. The van der Waals surface area contributed by atoms with Gasteiger partial charge in [0, 0.05) is 17.6 Å². The first-order valence-electron chi connectivity index (χ1n) is 11.8. The smallest absolute Gasteiger partial charge is 0.303 e. The first-order valence-corrected chi connectivity index (χ1v) is 12.1. The molecule has 2 aliphatic rings. The number of hydrogen-bond acceptors (Lipinski definition) is 5. The minimum atomic E-state index is -1.08. The zero-order valence-electron chi connectivity index (χ0n) is 19.8. The molecule has 1 heterocycles. The molecule has 1 amide bonds. The molecule has 5 N–H and O–H groups in total. The van der Waals surface area contributed by atoms with Crippen LogP contribution in [0.5, 0.6) is 0 Å². The van der Waals surface area contributed by atoms with Crippen molar-refractivity contribution in [2.45, 2.75) is 52.0 Å². The number of halogens is 1. The maximum atomic E-state index is 12.2. The van der Waals surface area contributed by atoms with E-state index in [1.54, 1.807) is 0 Å². The first kappa shape index (κ1) is 26.5. The number of aliphatic carboxylic acids is 2. The largest absolute Gasteiger partial charge is 0.481 e. The highest BCUT2D eigenvalue weighted by Crippen LogP contribution is 2.45. The Kier molecular flexibility index (Phi) is 9.12. The van der Waals surface area contributed by atoms with Crippen molar-refractivity contribution in [1.82, 2.24) is 5.32 Å². The summed E-state index contributed by atoms with van der Waals surface area (Å²) in [5.74, 6) is -2.03. The van der Waals surface area contributed by atoms with Gasteiger partial charge >= 0.3 is 11.9 Å². The molecule has 1 aliphatic heterocycles. The predicted octanol–water partition coefficient (Wildman–Crippen LogP) is 4.31. The van der Waals surface area contributed by atoms with Crippen LogP contribution in [0.1, 0.15) is 49.3 Å². The highest BCUT2D eigenvalue weighted by atomic mass is 35.5. The van der Waals surface area contributed by atoms with Gasteiger partial charge in [0.05, 0.1) is 23.6 Å². The molecule has 4 rings (SSSR count). The summed E-state index contributed by atoms with van der Waals surface area (Å²) < 4.78 is 0. The van der Waals surface area contributed by atoms with Gasteiger partial charge in [-0.2, -0.15) is 0 Å². The fourth-order valence-corrected chi connectivity index (χ4v) is 3.99. The van der Waals surface area contributed by atoms with Crippen LogP contribution in [-0.2, 0) is 33.8 Å². The number of fused-ring (bicyclic) bond motifs is 1. The number of carbonyl (C=O) groups excluding carboxylic acids is 1. The van der Waals surface area contributed by atoms with Crippen LogP contribution in [0.3, 0.4) is 0 Å². The summed E-state index contributed by atoms with van der Waals surface area (Å²) in [4.78, 5) is 31.4. The van der Waals surface area contributed by atoms with Crippen molar-refractivity contribution in [2.75, 3.05) is 23.7 Å². The van der Waals surface area contributed by atoms with Crippen molar-refractivity contribution in [3.05, 3.63) is 58.1 Å². The molecule has 9 heteroatoms. The van der Waals surface area contributed by atoms with Gasteiger partial charge in [-0.3, -0.25) is 14.4 Å². The van der Waals surface area contributed by atoms with Crippen LogP contribution in [0.25, 0.3) is 0 Å². The van der Waals surface area contributed by atoms with Crippen LogP contribution in [0.4, 0.5) is 11.4 Å². The third-order valence-corrected chi connectivity index (χ3v) is 6.58. The predicted molar refractivity (Wildman–Crippen MR) is 136 cm³/mol. The summed E-state index contributed by atoms with van der Waals surface area (Å²) in [6.45, 7) is 4.72. The van der Waals surface area contributed by atoms with E-state index in [0.29, 0.717) is 6.54 Å². The highest BCUT2D eigenvalue weighted by Gasteiger charge is 2.44. The molecule has 0 radical (unpaired) electrons. The zero-order valence-corrected chi connectivity index (χ0v) is 20.6. The Morgan fingerprint density at radius 1 is 0.971 bits per heavy atom. The van der Waals surface area contributed by atoms with E-state index in [2.05, 4.69) is 34.1 Å². The average molecular weight is 502 g/mol. The molecule has 35 heavy (non-hydrogen) atoms. The second kappa shape index (κ2) is 12.0. The minimum absolute atomic E-state index is 0.126. The number of rotatable bonds is 8. The Balaban J connectivity index is 0.000000371. The molecule has 0 spiro atoms. The standard InChI is InChI=1S/C22H26ClN3O.C4H6O4/c1-22(10-11-22)21(27)26-17-5-2-15(3-6-17)14-25-20-18-9-13-24-12-8-16(18)4-7-19(20)23;5-3(6)1-2-4(7)8/h2-7,24-25H,8-14H2,1H3,(H,26,27);1-2H2,(H,5,6)(H,7,8). The summed E-state index contributed by atoms with van der Waals surface area (Å²) in [6.07, 6.45) is 3.40.